The number of thiophene rings is 1. The van der Waals surface area contributed by atoms with E-state index in [0.717, 1.165) is 5.56 Å². The molecule has 7 nitrogen and oxygen atoms in total. The number of carbonyl (C=O) groups excluding carboxylic acids is 3. The molecular formula is C20H19N3O4S2. The predicted molar refractivity (Wildman–Crippen MR) is 112 cm³/mol. The van der Waals surface area contributed by atoms with Crippen LogP contribution < -0.4 is 10.6 Å². The Morgan fingerprint density at radius 2 is 1.86 bits per heavy atom. The van der Waals surface area contributed by atoms with Crippen LogP contribution in [0.25, 0.3) is 0 Å². The second-order valence-electron chi connectivity index (χ2n) is 5.94. The molecule has 0 radical (unpaired) electrons. The van der Waals surface area contributed by atoms with Crippen molar-refractivity contribution in [1.29, 1.82) is 0 Å². The number of aromatic nitrogens is 1. The van der Waals surface area contributed by atoms with E-state index in [0.29, 0.717) is 34.4 Å². The summed E-state index contributed by atoms with van der Waals surface area (Å²) < 4.78 is 4.88. The number of hydrogen-bond acceptors (Lipinski definition) is 7. The summed E-state index contributed by atoms with van der Waals surface area (Å²) in [5.41, 5.74) is 1.92. The van der Waals surface area contributed by atoms with Crippen molar-refractivity contribution in [3.63, 3.8) is 0 Å². The molecule has 0 bridgehead atoms. The molecule has 150 valence electrons. The van der Waals surface area contributed by atoms with Gasteiger partial charge in [0.1, 0.15) is 0 Å². The molecule has 0 aliphatic rings. The number of anilines is 1. The van der Waals surface area contributed by atoms with Gasteiger partial charge in [0.15, 0.2) is 5.13 Å². The number of hydrogen-bond donors (Lipinski definition) is 2. The van der Waals surface area contributed by atoms with E-state index in [2.05, 4.69) is 15.6 Å². The van der Waals surface area contributed by atoms with Crippen molar-refractivity contribution in [3.8, 4) is 0 Å². The van der Waals surface area contributed by atoms with Crippen LogP contribution in [0.3, 0.4) is 0 Å². The average Bonchev–Trinajstić information content (AvgIpc) is 3.39. The Morgan fingerprint density at radius 3 is 2.55 bits per heavy atom. The van der Waals surface area contributed by atoms with Gasteiger partial charge in [-0.1, -0.05) is 18.2 Å². The Labute approximate surface area is 175 Å². The Morgan fingerprint density at radius 1 is 1.07 bits per heavy atom. The number of esters is 1. The van der Waals surface area contributed by atoms with Gasteiger partial charge in [0, 0.05) is 17.5 Å². The highest BCUT2D eigenvalue weighted by molar-refractivity contribution is 7.14. The summed E-state index contributed by atoms with van der Waals surface area (Å²) in [5, 5.41) is 9.55. The topological polar surface area (TPSA) is 97.4 Å². The molecule has 1 aromatic carbocycles. The molecule has 0 aliphatic carbocycles. The standard InChI is InChI=1S/C20H19N3O4S2/c1-2-27-17(24)10-15-12-29-20(22-15)23-18(25)14-7-5-13(6-8-14)11-21-19(26)16-4-3-9-28-16/h3-9,12H,2,10-11H2,1H3,(H,21,26)(H,22,23,25). The molecule has 2 aromatic heterocycles. The van der Waals surface area contributed by atoms with Crippen molar-refractivity contribution in [2.45, 2.75) is 19.9 Å². The first-order valence-electron chi connectivity index (χ1n) is 8.87. The lowest BCUT2D eigenvalue weighted by Crippen LogP contribution is -2.21. The summed E-state index contributed by atoms with van der Waals surface area (Å²) in [7, 11) is 0. The Balaban J connectivity index is 1.52. The number of carbonyl (C=O) groups is 3. The molecule has 3 rings (SSSR count). The van der Waals surface area contributed by atoms with E-state index < -0.39 is 0 Å². The van der Waals surface area contributed by atoms with E-state index in [4.69, 9.17) is 4.74 Å². The highest BCUT2D eigenvalue weighted by atomic mass is 32.1. The van der Waals surface area contributed by atoms with Gasteiger partial charge >= 0.3 is 5.97 Å². The van der Waals surface area contributed by atoms with Gasteiger partial charge in [0.2, 0.25) is 0 Å². The van der Waals surface area contributed by atoms with E-state index in [-0.39, 0.29) is 24.2 Å². The summed E-state index contributed by atoms with van der Waals surface area (Å²) >= 11 is 2.63. The fraction of sp³-hybridized carbons (Fsp3) is 0.200. The minimum atomic E-state index is -0.350. The molecule has 0 fully saturated rings. The average molecular weight is 430 g/mol. The van der Waals surface area contributed by atoms with Crippen molar-refractivity contribution in [2.24, 2.45) is 0 Å². The summed E-state index contributed by atoms with van der Waals surface area (Å²) in [5.74, 6) is -0.766. The third kappa shape index (κ3) is 5.97. The number of rotatable bonds is 8. The van der Waals surface area contributed by atoms with Crippen molar-refractivity contribution in [1.82, 2.24) is 10.3 Å². The number of amides is 2. The maximum atomic E-state index is 12.4. The van der Waals surface area contributed by atoms with E-state index >= 15 is 0 Å². The smallest absolute Gasteiger partial charge is 0.311 e. The molecule has 2 heterocycles. The number of nitrogens with one attached hydrogen (secondary N) is 2. The fourth-order valence-electron chi connectivity index (χ4n) is 2.43. The third-order valence-electron chi connectivity index (χ3n) is 3.82. The summed E-state index contributed by atoms with van der Waals surface area (Å²) in [6.07, 6.45) is 0.0755. The van der Waals surface area contributed by atoms with Crippen LogP contribution in [-0.4, -0.2) is 29.4 Å². The van der Waals surface area contributed by atoms with Gasteiger partial charge in [-0.3, -0.25) is 19.7 Å². The molecule has 0 spiro atoms. The SMILES string of the molecule is CCOC(=O)Cc1csc(NC(=O)c2ccc(CNC(=O)c3cccs3)cc2)n1. The largest absolute Gasteiger partial charge is 0.466 e. The van der Waals surface area contributed by atoms with Crippen molar-refractivity contribution in [3.05, 3.63) is 68.9 Å². The van der Waals surface area contributed by atoms with Gasteiger partial charge in [-0.2, -0.15) is 0 Å². The van der Waals surface area contributed by atoms with Crippen LogP contribution in [0, 0.1) is 0 Å². The first-order valence-corrected chi connectivity index (χ1v) is 10.6. The fourth-order valence-corrected chi connectivity index (χ4v) is 3.77. The second-order valence-corrected chi connectivity index (χ2v) is 7.74. The normalized spacial score (nSPS) is 10.4. The van der Waals surface area contributed by atoms with Gasteiger partial charge < -0.3 is 10.1 Å². The van der Waals surface area contributed by atoms with Crippen LogP contribution in [0.5, 0.6) is 0 Å². The van der Waals surface area contributed by atoms with E-state index in [1.54, 1.807) is 42.6 Å². The Hall–Kier alpha value is -3.04. The predicted octanol–water partition coefficient (Wildman–Crippen LogP) is 3.49. The van der Waals surface area contributed by atoms with Crippen molar-refractivity contribution in [2.75, 3.05) is 11.9 Å². The van der Waals surface area contributed by atoms with Crippen molar-refractivity contribution >= 4 is 45.6 Å². The molecule has 0 unspecified atom stereocenters. The first kappa shape index (κ1) is 20.7. The molecule has 0 atom stereocenters. The molecule has 29 heavy (non-hydrogen) atoms. The van der Waals surface area contributed by atoms with Gasteiger partial charge in [0.05, 0.1) is 23.6 Å². The lowest BCUT2D eigenvalue weighted by atomic mass is 10.1. The van der Waals surface area contributed by atoms with E-state index in [1.165, 1.54) is 22.7 Å². The van der Waals surface area contributed by atoms with Crippen LogP contribution in [0.4, 0.5) is 5.13 Å². The maximum Gasteiger partial charge on any atom is 0.311 e. The van der Waals surface area contributed by atoms with Crippen molar-refractivity contribution < 1.29 is 19.1 Å². The highest BCUT2D eigenvalue weighted by Crippen LogP contribution is 2.17. The van der Waals surface area contributed by atoms with Crippen LogP contribution in [-0.2, 0) is 22.5 Å². The lowest BCUT2D eigenvalue weighted by molar-refractivity contribution is -0.142. The van der Waals surface area contributed by atoms with Crippen LogP contribution in [0.2, 0.25) is 0 Å². The quantitative estimate of drug-likeness (QED) is 0.534. The summed E-state index contributed by atoms with van der Waals surface area (Å²) in [4.78, 5) is 40.7. The van der Waals surface area contributed by atoms with Crippen LogP contribution in [0.15, 0.2) is 47.2 Å². The van der Waals surface area contributed by atoms with Gasteiger partial charge in [-0.15, -0.1) is 22.7 Å². The number of nitrogens with zero attached hydrogens (tertiary/aromatic N) is 1. The molecule has 9 heteroatoms. The third-order valence-corrected chi connectivity index (χ3v) is 5.49. The van der Waals surface area contributed by atoms with Gasteiger partial charge in [-0.25, -0.2) is 4.98 Å². The molecule has 0 saturated heterocycles. The second kappa shape index (κ2) is 9.94. The summed E-state index contributed by atoms with van der Waals surface area (Å²) in [6.45, 7) is 2.44. The Kier molecular flexibility index (Phi) is 7.09. The summed E-state index contributed by atoms with van der Waals surface area (Å²) in [6, 6.07) is 10.6. The van der Waals surface area contributed by atoms with E-state index in [1.807, 2.05) is 11.4 Å². The molecule has 2 amide bonds. The zero-order valence-electron chi connectivity index (χ0n) is 15.6. The van der Waals surface area contributed by atoms with Crippen LogP contribution >= 0.6 is 22.7 Å². The first-order chi connectivity index (χ1) is 14.0. The van der Waals surface area contributed by atoms with Crippen LogP contribution in [0.1, 0.15) is 38.2 Å². The minimum absolute atomic E-state index is 0.0755. The Bertz CT molecular complexity index is 982. The zero-order valence-corrected chi connectivity index (χ0v) is 17.3. The number of thiazole rings is 1. The number of benzene rings is 1. The molecule has 0 aliphatic heterocycles. The lowest BCUT2D eigenvalue weighted by Gasteiger charge is -2.06. The molecule has 2 N–H and O–H groups in total. The van der Waals surface area contributed by atoms with E-state index in [9.17, 15) is 14.4 Å². The van der Waals surface area contributed by atoms with Gasteiger partial charge in [-0.05, 0) is 36.1 Å². The molecule has 3 aromatic rings. The maximum absolute atomic E-state index is 12.4. The zero-order chi connectivity index (χ0) is 20.6. The minimum Gasteiger partial charge on any atom is -0.466 e. The molecular weight excluding hydrogens is 410 g/mol. The highest BCUT2D eigenvalue weighted by Gasteiger charge is 2.12. The van der Waals surface area contributed by atoms with Gasteiger partial charge in [0.25, 0.3) is 11.8 Å². The monoisotopic (exact) mass is 429 g/mol. The number of ether oxygens (including phenoxy) is 1. The molecule has 0 saturated carbocycles.